The van der Waals surface area contributed by atoms with Crippen LogP contribution in [-0.4, -0.2) is 77.7 Å². The predicted molar refractivity (Wildman–Crippen MR) is 196 cm³/mol. The normalized spacial score (nSPS) is 13.1. The topological polar surface area (TPSA) is 67.6 Å². The molecule has 7 nitrogen and oxygen atoms in total. The molecular weight excluding hydrogens is 688 g/mol. The molecule has 2 unspecified atom stereocenters. The van der Waals surface area contributed by atoms with E-state index in [4.69, 9.17) is 32.9 Å². The van der Waals surface area contributed by atoms with E-state index in [0.29, 0.717) is 40.3 Å². The highest BCUT2D eigenvalue weighted by Gasteiger charge is 2.30. The van der Waals surface area contributed by atoms with Gasteiger partial charge < -0.3 is 14.3 Å². The van der Waals surface area contributed by atoms with Gasteiger partial charge in [-0.3, -0.25) is 14.0 Å². The summed E-state index contributed by atoms with van der Waals surface area (Å²) in [6.45, 7) is 5.08. The third kappa shape index (κ3) is 9.80. The van der Waals surface area contributed by atoms with E-state index in [2.05, 4.69) is 35.0 Å². The standard InChI is InChI=1S/C37H45Cl2F2N4O3P/c1-37(2,24-11-17-29(38)33(20-24)48-7)34-23-42-35(44(34)26-14-12-25(40)13-15-26)18-16-28-30(39)21-27(22-31(28)41)49-43(3)32(36(46)47)10-8-9-19-45(4,5)6/h11-15,17,20-23,32,49H,8-10,16,18-19H2,1-7H3/p+1. The van der Waals surface area contributed by atoms with Crippen LogP contribution < -0.4 is 10.0 Å². The zero-order chi connectivity index (χ0) is 36.1. The lowest BCUT2D eigenvalue weighted by Gasteiger charge is -2.28. The van der Waals surface area contributed by atoms with Gasteiger partial charge in [-0.15, -0.1) is 0 Å². The molecule has 1 N–H and O–H groups in total. The summed E-state index contributed by atoms with van der Waals surface area (Å²) in [4.78, 5) is 16.8. The summed E-state index contributed by atoms with van der Waals surface area (Å²) >= 11 is 13.0. The number of quaternary nitrogens is 1. The van der Waals surface area contributed by atoms with Gasteiger partial charge in [-0.2, -0.15) is 0 Å². The predicted octanol–water partition coefficient (Wildman–Crippen LogP) is 8.06. The van der Waals surface area contributed by atoms with E-state index in [9.17, 15) is 14.3 Å². The number of aliphatic carboxylic acids is 1. The Hall–Kier alpha value is -3.07. The Morgan fingerprint density at radius 3 is 2.35 bits per heavy atom. The fraction of sp³-hybridized carbons (Fsp3) is 0.405. The number of methoxy groups -OCH3 is 1. The molecule has 0 amide bonds. The molecule has 4 rings (SSSR count). The number of carbonyl (C=O) groups is 1. The van der Waals surface area contributed by atoms with Crippen molar-refractivity contribution < 1.29 is 27.9 Å². The molecule has 12 heteroatoms. The SMILES string of the molecule is COc1cc(C(C)(C)c2cnc(CCc3c(F)cc(PN(C)C(CCCC[N+](C)(C)C)C(=O)O)cc3Cl)n2-c2ccc(F)cc2)ccc1Cl. The molecule has 0 spiro atoms. The van der Waals surface area contributed by atoms with Crippen LogP contribution in [0.25, 0.3) is 5.69 Å². The molecule has 3 aromatic carbocycles. The van der Waals surface area contributed by atoms with E-state index in [1.54, 1.807) is 49.3 Å². The van der Waals surface area contributed by atoms with E-state index in [1.807, 2.05) is 16.7 Å². The van der Waals surface area contributed by atoms with Crippen molar-refractivity contribution in [2.75, 3.05) is 41.8 Å². The third-order valence-electron chi connectivity index (χ3n) is 8.79. The van der Waals surface area contributed by atoms with Crippen molar-refractivity contribution in [3.05, 3.63) is 105 Å². The van der Waals surface area contributed by atoms with Crippen molar-refractivity contribution in [1.29, 1.82) is 0 Å². The molecule has 49 heavy (non-hydrogen) atoms. The average Bonchev–Trinajstić information content (AvgIpc) is 3.45. The maximum absolute atomic E-state index is 15.7. The van der Waals surface area contributed by atoms with Crippen LogP contribution in [0.1, 0.15) is 55.8 Å². The molecule has 0 aliphatic rings. The van der Waals surface area contributed by atoms with Crippen molar-refractivity contribution >= 4 is 43.2 Å². The van der Waals surface area contributed by atoms with Crippen LogP contribution in [0.4, 0.5) is 8.78 Å². The van der Waals surface area contributed by atoms with Gasteiger partial charge in [-0.05, 0) is 101 Å². The first-order chi connectivity index (χ1) is 23.0. The quantitative estimate of drug-likeness (QED) is 0.0717. The number of halogens is 4. The molecule has 0 saturated carbocycles. The second kappa shape index (κ2) is 16.3. The molecule has 2 atom stereocenters. The Labute approximate surface area is 300 Å². The van der Waals surface area contributed by atoms with E-state index in [-0.39, 0.29) is 26.0 Å². The number of nitrogens with zero attached hydrogens (tertiary/aromatic N) is 4. The highest BCUT2D eigenvalue weighted by Crippen LogP contribution is 2.38. The molecule has 264 valence electrons. The minimum absolute atomic E-state index is 0.0648. The Morgan fingerprint density at radius 2 is 1.73 bits per heavy atom. The van der Waals surface area contributed by atoms with E-state index >= 15 is 4.39 Å². The summed E-state index contributed by atoms with van der Waals surface area (Å²) in [5.41, 5.74) is 2.28. The van der Waals surface area contributed by atoms with Crippen LogP contribution in [0.2, 0.25) is 10.0 Å². The molecule has 1 aromatic heterocycles. The monoisotopic (exact) mass is 733 g/mol. The van der Waals surface area contributed by atoms with Crippen LogP contribution in [0, 0.1) is 11.6 Å². The van der Waals surface area contributed by atoms with Crippen LogP contribution in [0.5, 0.6) is 5.75 Å². The number of carboxylic acid groups (broad SMARTS) is 1. The lowest BCUT2D eigenvalue weighted by Crippen LogP contribution is -2.36. The summed E-state index contributed by atoms with van der Waals surface area (Å²) in [7, 11) is 9.60. The van der Waals surface area contributed by atoms with Crippen molar-refractivity contribution in [3.8, 4) is 11.4 Å². The molecule has 0 aliphatic heterocycles. The number of rotatable bonds is 16. The molecule has 0 aliphatic carbocycles. The maximum atomic E-state index is 15.7. The Bertz CT molecular complexity index is 1740. The van der Waals surface area contributed by atoms with Crippen molar-refractivity contribution in [2.24, 2.45) is 0 Å². The fourth-order valence-corrected chi connectivity index (χ4v) is 7.70. The van der Waals surface area contributed by atoms with Crippen LogP contribution in [-0.2, 0) is 23.1 Å². The first kappa shape index (κ1) is 38.7. The number of aryl methyl sites for hydroxylation is 1. The van der Waals surface area contributed by atoms with Gasteiger partial charge in [0, 0.05) is 34.3 Å². The van der Waals surface area contributed by atoms with Gasteiger partial charge in [0.2, 0.25) is 0 Å². The maximum Gasteiger partial charge on any atom is 0.321 e. The fourth-order valence-electron chi connectivity index (χ4n) is 5.91. The number of likely N-dealkylation sites (N-methyl/N-ethyl adjacent to an activating group) is 1. The number of aromatic nitrogens is 2. The second-order valence-electron chi connectivity index (χ2n) is 13.9. The lowest BCUT2D eigenvalue weighted by molar-refractivity contribution is -0.870. The molecule has 4 aromatic rings. The second-order valence-corrected chi connectivity index (χ2v) is 16.2. The summed E-state index contributed by atoms with van der Waals surface area (Å²) < 4.78 is 39.7. The number of hydrogen-bond donors (Lipinski definition) is 1. The number of hydrogen-bond acceptors (Lipinski definition) is 4. The Kier molecular flexibility index (Phi) is 12.9. The number of imidazole rings is 1. The summed E-state index contributed by atoms with van der Waals surface area (Å²) in [6.07, 6.45) is 4.63. The highest BCUT2D eigenvalue weighted by molar-refractivity contribution is 7.44. The summed E-state index contributed by atoms with van der Waals surface area (Å²) in [5, 5.41) is 11.3. The number of unbranched alkanes of at least 4 members (excludes halogenated alkanes) is 1. The number of carboxylic acids is 1. The van der Waals surface area contributed by atoms with Gasteiger partial charge in [-0.1, -0.05) is 43.1 Å². The van der Waals surface area contributed by atoms with Crippen molar-refractivity contribution in [3.63, 3.8) is 0 Å². The van der Waals surface area contributed by atoms with E-state index < -0.39 is 23.2 Å². The van der Waals surface area contributed by atoms with Crippen LogP contribution in [0.15, 0.2) is 60.8 Å². The Balaban J connectivity index is 1.57. The molecular formula is C37H46Cl2F2N4O3P+. The minimum atomic E-state index is -0.891. The van der Waals surface area contributed by atoms with Gasteiger partial charge in [-0.25, -0.2) is 13.8 Å². The van der Waals surface area contributed by atoms with Gasteiger partial charge >= 0.3 is 5.97 Å². The minimum Gasteiger partial charge on any atom is -0.495 e. The van der Waals surface area contributed by atoms with Gasteiger partial charge in [0.25, 0.3) is 0 Å². The smallest absolute Gasteiger partial charge is 0.321 e. The first-order valence-electron chi connectivity index (χ1n) is 16.2. The van der Waals surface area contributed by atoms with E-state index in [0.717, 1.165) is 40.8 Å². The average molecular weight is 735 g/mol. The first-order valence-corrected chi connectivity index (χ1v) is 17.9. The van der Waals surface area contributed by atoms with Crippen LogP contribution >= 0.6 is 31.9 Å². The summed E-state index contributed by atoms with van der Waals surface area (Å²) in [5.74, 6) is -0.491. The van der Waals surface area contributed by atoms with Crippen LogP contribution in [0.3, 0.4) is 0 Å². The molecule has 0 saturated heterocycles. The third-order valence-corrected chi connectivity index (χ3v) is 10.6. The van der Waals surface area contributed by atoms with Crippen molar-refractivity contribution in [2.45, 2.75) is 57.4 Å². The molecule has 0 radical (unpaired) electrons. The Morgan fingerprint density at radius 1 is 1.04 bits per heavy atom. The zero-order valence-corrected chi connectivity index (χ0v) is 31.7. The molecule has 0 bridgehead atoms. The van der Waals surface area contributed by atoms with Gasteiger partial charge in [0.05, 0.1) is 45.5 Å². The molecule has 0 fully saturated rings. The van der Waals surface area contributed by atoms with Crippen molar-refractivity contribution in [1.82, 2.24) is 14.2 Å². The number of ether oxygens (including phenoxy) is 1. The summed E-state index contributed by atoms with van der Waals surface area (Å²) in [6, 6.07) is 14.3. The highest BCUT2D eigenvalue weighted by atomic mass is 35.5. The molecule has 1 heterocycles. The largest absolute Gasteiger partial charge is 0.495 e. The van der Waals surface area contributed by atoms with Gasteiger partial charge in [0.15, 0.2) is 0 Å². The van der Waals surface area contributed by atoms with Gasteiger partial charge in [0.1, 0.15) is 29.3 Å². The number of benzene rings is 3. The lowest BCUT2D eigenvalue weighted by atomic mass is 9.81. The van der Waals surface area contributed by atoms with E-state index in [1.165, 1.54) is 18.2 Å². The zero-order valence-electron chi connectivity index (χ0n) is 29.2.